The average Bonchev–Trinajstić information content (AvgIpc) is 3.09. The fraction of sp³-hybridized carbons (Fsp3) is 0.333. The lowest BCUT2D eigenvalue weighted by Gasteiger charge is -2.24. The summed E-state index contributed by atoms with van der Waals surface area (Å²) < 4.78 is 0. The zero-order valence-electron chi connectivity index (χ0n) is 11.6. The summed E-state index contributed by atoms with van der Waals surface area (Å²) in [4.78, 5) is 16.7. The molecule has 1 aliphatic rings. The molecule has 20 heavy (non-hydrogen) atoms. The molecule has 0 saturated carbocycles. The Morgan fingerprint density at radius 2 is 2.30 bits per heavy atom. The molecule has 0 saturated heterocycles. The third-order valence-electron chi connectivity index (χ3n) is 3.47. The molecule has 0 unspecified atom stereocenters. The van der Waals surface area contributed by atoms with E-state index in [1.807, 2.05) is 37.4 Å². The number of fused-ring (bicyclic) bond motifs is 1. The second-order valence-corrected chi connectivity index (χ2v) is 6.36. The standard InChI is InChI=1S/C15H17N3OS/c1-15(2,14-17-7-8-20-14)18-13(19)11-3-4-12-10(9-11)5-6-16-12/h3-4,7-9,16H,5-6H2,1-2H3,(H,18,19). The Labute approximate surface area is 122 Å². The van der Waals surface area contributed by atoms with E-state index in [-0.39, 0.29) is 5.91 Å². The number of carbonyl (C=O) groups excluding carboxylic acids is 1. The molecule has 2 aromatic rings. The quantitative estimate of drug-likeness (QED) is 0.912. The molecule has 0 aliphatic carbocycles. The Morgan fingerprint density at radius 3 is 3.05 bits per heavy atom. The van der Waals surface area contributed by atoms with Crippen LogP contribution in [0.2, 0.25) is 0 Å². The summed E-state index contributed by atoms with van der Waals surface area (Å²) in [5, 5.41) is 9.18. The van der Waals surface area contributed by atoms with Gasteiger partial charge in [-0.1, -0.05) is 0 Å². The molecule has 0 fully saturated rings. The Kier molecular flexibility index (Phi) is 3.22. The maximum atomic E-state index is 12.4. The summed E-state index contributed by atoms with van der Waals surface area (Å²) in [6, 6.07) is 5.82. The lowest BCUT2D eigenvalue weighted by molar-refractivity contribution is 0.0912. The van der Waals surface area contributed by atoms with E-state index in [0.29, 0.717) is 5.56 Å². The molecule has 1 aliphatic heterocycles. The first-order valence-electron chi connectivity index (χ1n) is 6.65. The Morgan fingerprint density at radius 1 is 1.45 bits per heavy atom. The molecule has 104 valence electrons. The number of amides is 1. The zero-order valence-corrected chi connectivity index (χ0v) is 12.4. The highest BCUT2D eigenvalue weighted by Crippen LogP contribution is 2.25. The monoisotopic (exact) mass is 287 g/mol. The molecular weight excluding hydrogens is 270 g/mol. The Balaban J connectivity index is 1.80. The number of aromatic nitrogens is 1. The molecule has 1 amide bonds. The average molecular weight is 287 g/mol. The number of carbonyl (C=O) groups is 1. The van der Waals surface area contributed by atoms with Gasteiger partial charge >= 0.3 is 0 Å². The number of anilines is 1. The highest BCUT2D eigenvalue weighted by atomic mass is 32.1. The van der Waals surface area contributed by atoms with E-state index >= 15 is 0 Å². The lowest BCUT2D eigenvalue weighted by atomic mass is 10.0. The molecule has 0 bridgehead atoms. The summed E-state index contributed by atoms with van der Waals surface area (Å²) in [5.41, 5.74) is 2.60. The van der Waals surface area contributed by atoms with E-state index in [9.17, 15) is 4.79 Å². The van der Waals surface area contributed by atoms with E-state index < -0.39 is 5.54 Å². The van der Waals surface area contributed by atoms with Gasteiger partial charge in [-0.05, 0) is 44.0 Å². The van der Waals surface area contributed by atoms with Crippen LogP contribution in [0.5, 0.6) is 0 Å². The largest absolute Gasteiger partial charge is 0.384 e. The highest BCUT2D eigenvalue weighted by Gasteiger charge is 2.26. The predicted molar refractivity (Wildman–Crippen MR) is 81.2 cm³/mol. The van der Waals surface area contributed by atoms with Crippen molar-refractivity contribution in [3.05, 3.63) is 45.9 Å². The molecule has 3 rings (SSSR count). The summed E-state index contributed by atoms with van der Waals surface area (Å²) in [6.45, 7) is 4.89. The first kappa shape index (κ1) is 13.1. The molecule has 2 N–H and O–H groups in total. The van der Waals surface area contributed by atoms with E-state index in [0.717, 1.165) is 23.7 Å². The first-order chi connectivity index (χ1) is 9.56. The van der Waals surface area contributed by atoms with E-state index in [4.69, 9.17) is 0 Å². The molecule has 2 heterocycles. The number of hydrogen-bond donors (Lipinski definition) is 2. The third kappa shape index (κ3) is 2.41. The number of rotatable bonds is 3. The number of nitrogens with zero attached hydrogens (tertiary/aromatic N) is 1. The van der Waals surface area contributed by atoms with Crippen molar-refractivity contribution in [1.82, 2.24) is 10.3 Å². The van der Waals surface area contributed by atoms with Gasteiger partial charge < -0.3 is 10.6 Å². The second-order valence-electron chi connectivity index (χ2n) is 5.47. The van der Waals surface area contributed by atoms with Gasteiger partial charge in [0.15, 0.2) is 0 Å². The zero-order chi connectivity index (χ0) is 14.2. The molecular formula is C15H17N3OS. The van der Waals surface area contributed by atoms with Crippen LogP contribution >= 0.6 is 11.3 Å². The van der Waals surface area contributed by atoms with Crippen molar-refractivity contribution in [2.45, 2.75) is 25.8 Å². The van der Waals surface area contributed by atoms with Crippen molar-refractivity contribution in [1.29, 1.82) is 0 Å². The van der Waals surface area contributed by atoms with Crippen molar-refractivity contribution in [2.75, 3.05) is 11.9 Å². The van der Waals surface area contributed by atoms with Crippen LogP contribution in [0.15, 0.2) is 29.8 Å². The van der Waals surface area contributed by atoms with Crippen LogP contribution in [0.4, 0.5) is 5.69 Å². The van der Waals surface area contributed by atoms with Crippen LogP contribution in [0.3, 0.4) is 0 Å². The maximum Gasteiger partial charge on any atom is 0.252 e. The second kappa shape index (κ2) is 4.90. The molecule has 0 radical (unpaired) electrons. The van der Waals surface area contributed by atoms with Crippen molar-refractivity contribution in [3.63, 3.8) is 0 Å². The van der Waals surface area contributed by atoms with Crippen LogP contribution in [0.1, 0.15) is 34.8 Å². The van der Waals surface area contributed by atoms with Gasteiger partial charge in [0, 0.05) is 29.4 Å². The summed E-state index contributed by atoms with van der Waals surface area (Å²) in [6.07, 6.45) is 2.74. The summed E-state index contributed by atoms with van der Waals surface area (Å²) in [7, 11) is 0. The van der Waals surface area contributed by atoms with Crippen LogP contribution < -0.4 is 10.6 Å². The Bertz CT molecular complexity index is 635. The summed E-state index contributed by atoms with van der Waals surface area (Å²) >= 11 is 1.55. The fourth-order valence-electron chi connectivity index (χ4n) is 2.39. The number of thiazole rings is 1. The van der Waals surface area contributed by atoms with Gasteiger partial charge in [0.1, 0.15) is 5.01 Å². The predicted octanol–water partition coefficient (Wildman–Crippen LogP) is 2.78. The lowest BCUT2D eigenvalue weighted by Crippen LogP contribution is -2.40. The van der Waals surface area contributed by atoms with Gasteiger partial charge in [0.2, 0.25) is 0 Å². The van der Waals surface area contributed by atoms with E-state index in [1.165, 1.54) is 5.56 Å². The van der Waals surface area contributed by atoms with Gasteiger partial charge in [0.05, 0.1) is 5.54 Å². The van der Waals surface area contributed by atoms with Gasteiger partial charge in [-0.2, -0.15) is 0 Å². The minimum absolute atomic E-state index is 0.0556. The number of hydrogen-bond acceptors (Lipinski definition) is 4. The smallest absolute Gasteiger partial charge is 0.252 e. The fourth-order valence-corrected chi connectivity index (χ4v) is 3.11. The van der Waals surface area contributed by atoms with Crippen molar-refractivity contribution >= 4 is 22.9 Å². The van der Waals surface area contributed by atoms with Crippen molar-refractivity contribution in [3.8, 4) is 0 Å². The van der Waals surface area contributed by atoms with Crippen LogP contribution in [-0.2, 0) is 12.0 Å². The highest BCUT2D eigenvalue weighted by molar-refractivity contribution is 7.09. The topological polar surface area (TPSA) is 54.0 Å². The maximum absolute atomic E-state index is 12.4. The molecule has 5 heteroatoms. The van der Waals surface area contributed by atoms with Crippen LogP contribution in [0.25, 0.3) is 0 Å². The van der Waals surface area contributed by atoms with Gasteiger partial charge in [-0.25, -0.2) is 4.98 Å². The van der Waals surface area contributed by atoms with Gasteiger partial charge in [-0.3, -0.25) is 4.79 Å². The van der Waals surface area contributed by atoms with E-state index in [1.54, 1.807) is 17.5 Å². The van der Waals surface area contributed by atoms with Gasteiger partial charge in [0.25, 0.3) is 5.91 Å². The minimum atomic E-state index is -0.456. The summed E-state index contributed by atoms with van der Waals surface area (Å²) in [5.74, 6) is -0.0556. The molecule has 0 atom stereocenters. The Hall–Kier alpha value is -1.88. The van der Waals surface area contributed by atoms with E-state index in [2.05, 4.69) is 15.6 Å². The minimum Gasteiger partial charge on any atom is -0.384 e. The van der Waals surface area contributed by atoms with Crippen molar-refractivity contribution in [2.24, 2.45) is 0 Å². The third-order valence-corrected chi connectivity index (χ3v) is 4.57. The van der Waals surface area contributed by atoms with Crippen LogP contribution in [-0.4, -0.2) is 17.4 Å². The molecule has 0 spiro atoms. The normalized spacial score (nSPS) is 13.7. The SMILES string of the molecule is CC(C)(NC(=O)c1ccc2c(c1)CCN2)c1nccs1. The molecule has 1 aromatic carbocycles. The van der Waals surface area contributed by atoms with Gasteiger partial charge in [-0.15, -0.1) is 11.3 Å². The first-order valence-corrected chi connectivity index (χ1v) is 7.53. The van der Waals surface area contributed by atoms with Crippen molar-refractivity contribution < 1.29 is 4.79 Å². The van der Waals surface area contributed by atoms with Crippen LogP contribution in [0, 0.1) is 0 Å². The molecule has 1 aromatic heterocycles. The number of benzene rings is 1. The number of nitrogens with one attached hydrogen (secondary N) is 2. The molecule has 4 nitrogen and oxygen atoms in total.